The highest BCUT2D eigenvalue weighted by atomic mass is 16.5. The van der Waals surface area contributed by atoms with E-state index in [0.717, 1.165) is 5.69 Å². The molecule has 0 spiro atoms. The number of hydrogen-bond donors (Lipinski definition) is 1. The third kappa shape index (κ3) is 3.37. The fraction of sp³-hybridized carbons (Fsp3) is 0.211. The molecule has 0 aliphatic rings. The van der Waals surface area contributed by atoms with E-state index in [1.165, 1.54) is 4.68 Å². The van der Waals surface area contributed by atoms with Gasteiger partial charge in [-0.05, 0) is 50.2 Å². The molecule has 1 aromatic carbocycles. The number of amides is 1. The maximum atomic E-state index is 12.6. The van der Waals surface area contributed by atoms with Crippen LogP contribution in [0.15, 0.2) is 48.8 Å². The predicted octanol–water partition coefficient (Wildman–Crippen LogP) is 2.95. The fourth-order valence-corrected chi connectivity index (χ4v) is 2.72. The van der Waals surface area contributed by atoms with Crippen molar-refractivity contribution in [1.29, 1.82) is 0 Å². The molecule has 7 nitrogen and oxygen atoms in total. The van der Waals surface area contributed by atoms with Crippen molar-refractivity contribution in [2.24, 2.45) is 7.05 Å². The van der Waals surface area contributed by atoms with Gasteiger partial charge in [0.25, 0.3) is 5.91 Å². The van der Waals surface area contributed by atoms with Crippen LogP contribution >= 0.6 is 0 Å². The van der Waals surface area contributed by atoms with Crippen LogP contribution < -0.4 is 5.32 Å². The lowest BCUT2D eigenvalue weighted by Crippen LogP contribution is -2.17. The quantitative estimate of drug-likeness (QED) is 0.716. The van der Waals surface area contributed by atoms with Crippen LogP contribution in [0.4, 0.5) is 5.82 Å². The zero-order valence-corrected chi connectivity index (χ0v) is 14.9. The van der Waals surface area contributed by atoms with Gasteiger partial charge in [0.15, 0.2) is 0 Å². The van der Waals surface area contributed by atoms with E-state index in [2.05, 4.69) is 10.4 Å². The van der Waals surface area contributed by atoms with Crippen molar-refractivity contribution < 1.29 is 14.3 Å². The Labute approximate surface area is 151 Å². The summed E-state index contributed by atoms with van der Waals surface area (Å²) in [5, 5.41) is 6.97. The van der Waals surface area contributed by atoms with Gasteiger partial charge in [0, 0.05) is 30.7 Å². The summed E-state index contributed by atoms with van der Waals surface area (Å²) >= 11 is 0. The number of ether oxygens (including phenoxy) is 1. The lowest BCUT2D eigenvalue weighted by atomic mass is 10.2. The number of aryl methyl sites for hydroxylation is 2. The van der Waals surface area contributed by atoms with E-state index in [1.807, 2.05) is 41.2 Å². The number of nitrogens with one attached hydrogen (secondary N) is 1. The van der Waals surface area contributed by atoms with Crippen LogP contribution in [-0.2, 0) is 11.8 Å². The second kappa shape index (κ2) is 7.26. The summed E-state index contributed by atoms with van der Waals surface area (Å²) in [7, 11) is 1.67. The van der Waals surface area contributed by atoms with Gasteiger partial charge in [0.05, 0.1) is 12.3 Å². The van der Waals surface area contributed by atoms with Gasteiger partial charge in [-0.25, -0.2) is 4.79 Å². The summed E-state index contributed by atoms with van der Waals surface area (Å²) in [5.74, 6) is -0.505. The lowest BCUT2D eigenvalue weighted by Gasteiger charge is -2.09. The molecule has 0 atom stereocenters. The van der Waals surface area contributed by atoms with E-state index >= 15 is 0 Å². The first kappa shape index (κ1) is 17.5. The van der Waals surface area contributed by atoms with Crippen molar-refractivity contribution in [1.82, 2.24) is 14.3 Å². The number of esters is 1. The van der Waals surface area contributed by atoms with Gasteiger partial charge in [-0.3, -0.25) is 9.48 Å². The van der Waals surface area contributed by atoms with Crippen LogP contribution in [0.2, 0.25) is 0 Å². The Morgan fingerprint density at radius 2 is 1.81 bits per heavy atom. The number of aromatic nitrogens is 3. The maximum absolute atomic E-state index is 12.6. The Morgan fingerprint density at radius 3 is 2.42 bits per heavy atom. The molecular formula is C19H20N4O3. The molecule has 26 heavy (non-hydrogen) atoms. The van der Waals surface area contributed by atoms with Crippen molar-refractivity contribution in [2.75, 3.05) is 11.9 Å². The van der Waals surface area contributed by atoms with Crippen LogP contribution in [0.25, 0.3) is 5.69 Å². The SMILES string of the molecule is CCOC(=O)c1c(C)nn(C)c1NC(=O)c1ccc(-n2cccc2)cc1. The number of carbonyl (C=O) groups is 2. The van der Waals surface area contributed by atoms with Crippen LogP contribution in [0, 0.1) is 6.92 Å². The molecule has 0 radical (unpaired) electrons. The molecule has 1 amide bonds. The number of nitrogens with zero attached hydrogens (tertiary/aromatic N) is 3. The van der Waals surface area contributed by atoms with Gasteiger partial charge in [0.2, 0.25) is 0 Å². The molecule has 0 fully saturated rings. The van der Waals surface area contributed by atoms with E-state index in [9.17, 15) is 9.59 Å². The van der Waals surface area contributed by atoms with E-state index in [1.54, 1.807) is 33.0 Å². The Balaban J connectivity index is 1.83. The normalized spacial score (nSPS) is 10.6. The topological polar surface area (TPSA) is 78.2 Å². The maximum Gasteiger partial charge on any atom is 0.343 e. The standard InChI is InChI=1S/C19H20N4O3/c1-4-26-19(25)16-13(2)21-22(3)17(16)20-18(24)14-7-9-15(10-8-14)23-11-5-6-12-23/h5-12H,4H2,1-3H3,(H,20,24). The van der Waals surface area contributed by atoms with Gasteiger partial charge in [-0.15, -0.1) is 0 Å². The molecule has 0 bridgehead atoms. The molecule has 0 aliphatic heterocycles. The van der Waals surface area contributed by atoms with E-state index < -0.39 is 5.97 Å². The van der Waals surface area contributed by atoms with Crippen molar-refractivity contribution in [2.45, 2.75) is 13.8 Å². The molecule has 0 unspecified atom stereocenters. The minimum atomic E-state index is -0.503. The van der Waals surface area contributed by atoms with Gasteiger partial charge in [0.1, 0.15) is 11.4 Å². The largest absolute Gasteiger partial charge is 0.462 e. The Kier molecular flexibility index (Phi) is 4.88. The molecule has 2 heterocycles. The van der Waals surface area contributed by atoms with Gasteiger partial charge >= 0.3 is 5.97 Å². The van der Waals surface area contributed by atoms with Crippen molar-refractivity contribution in [3.63, 3.8) is 0 Å². The van der Waals surface area contributed by atoms with Crippen molar-refractivity contribution in [3.8, 4) is 5.69 Å². The molecule has 0 aliphatic carbocycles. The van der Waals surface area contributed by atoms with Gasteiger partial charge in [-0.2, -0.15) is 5.10 Å². The highest BCUT2D eigenvalue weighted by Crippen LogP contribution is 2.21. The van der Waals surface area contributed by atoms with Crippen LogP contribution in [-0.4, -0.2) is 32.8 Å². The van der Waals surface area contributed by atoms with Gasteiger partial charge < -0.3 is 14.6 Å². The number of anilines is 1. The molecule has 3 aromatic rings. The number of carbonyl (C=O) groups excluding carboxylic acids is 2. The summed E-state index contributed by atoms with van der Waals surface area (Å²) in [6, 6.07) is 11.0. The van der Waals surface area contributed by atoms with Gasteiger partial charge in [-0.1, -0.05) is 0 Å². The third-order valence-corrected chi connectivity index (χ3v) is 3.97. The van der Waals surface area contributed by atoms with E-state index in [0.29, 0.717) is 17.1 Å². The molecule has 0 saturated heterocycles. The molecular weight excluding hydrogens is 332 g/mol. The minimum absolute atomic E-state index is 0.251. The second-order valence-corrected chi connectivity index (χ2v) is 5.74. The first-order valence-electron chi connectivity index (χ1n) is 8.26. The third-order valence-electron chi connectivity index (χ3n) is 3.97. The first-order chi connectivity index (χ1) is 12.5. The molecule has 134 valence electrons. The number of benzene rings is 1. The molecule has 1 N–H and O–H groups in total. The Bertz CT molecular complexity index is 925. The fourth-order valence-electron chi connectivity index (χ4n) is 2.72. The predicted molar refractivity (Wildman–Crippen MR) is 97.6 cm³/mol. The zero-order valence-electron chi connectivity index (χ0n) is 14.9. The number of hydrogen-bond acceptors (Lipinski definition) is 4. The average molecular weight is 352 g/mol. The molecule has 0 saturated carbocycles. The summed E-state index contributed by atoms with van der Waals surface area (Å²) < 4.78 is 8.48. The summed E-state index contributed by atoms with van der Waals surface area (Å²) in [6.07, 6.45) is 3.86. The second-order valence-electron chi connectivity index (χ2n) is 5.74. The highest BCUT2D eigenvalue weighted by molar-refractivity contribution is 6.07. The van der Waals surface area contributed by atoms with E-state index in [-0.39, 0.29) is 18.1 Å². The Hall–Kier alpha value is -3.35. The lowest BCUT2D eigenvalue weighted by molar-refractivity contribution is 0.0526. The number of rotatable bonds is 5. The summed E-state index contributed by atoms with van der Waals surface area (Å²) in [4.78, 5) is 24.8. The van der Waals surface area contributed by atoms with E-state index in [4.69, 9.17) is 4.74 Å². The zero-order chi connectivity index (χ0) is 18.7. The minimum Gasteiger partial charge on any atom is -0.462 e. The molecule has 3 rings (SSSR count). The average Bonchev–Trinajstić information content (AvgIpc) is 3.24. The molecule has 2 aromatic heterocycles. The first-order valence-corrected chi connectivity index (χ1v) is 8.26. The highest BCUT2D eigenvalue weighted by Gasteiger charge is 2.23. The van der Waals surface area contributed by atoms with Crippen LogP contribution in [0.5, 0.6) is 0 Å². The monoisotopic (exact) mass is 352 g/mol. The van der Waals surface area contributed by atoms with Crippen molar-refractivity contribution >= 4 is 17.7 Å². The Morgan fingerprint density at radius 1 is 1.15 bits per heavy atom. The summed E-state index contributed by atoms with van der Waals surface area (Å²) in [6.45, 7) is 3.68. The molecule has 7 heteroatoms. The smallest absolute Gasteiger partial charge is 0.343 e. The van der Waals surface area contributed by atoms with Crippen LogP contribution in [0.1, 0.15) is 33.3 Å². The van der Waals surface area contributed by atoms with Crippen molar-refractivity contribution in [3.05, 3.63) is 65.6 Å². The summed E-state index contributed by atoms with van der Waals surface area (Å²) in [5.41, 5.74) is 2.21. The van der Waals surface area contributed by atoms with Crippen LogP contribution in [0.3, 0.4) is 0 Å².